The lowest BCUT2D eigenvalue weighted by Gasteiger charge is -2.20. The minimum atomic E-state index is -0.411. The smallest absolute Gasteiger partial charge is 0.249 e. The van der Waals surface area contributed by atoms with Gasteiger partial charge in [-0.1, -0.05) is 25.7 Å². The van der Waals surface area contributed by atoms with Crippen LogP contribution >= 0.6 is 0 Å². The molecule has 0 aliphatic heterocycles. The van der Waals surface area contributed by atoms with E-state index in [1.54, 1.807) is 6.92 Å². The van der Waals surface area contributed by atoms with Gasteiger partial charge in [0.2, 0.25) is 5.91 Å². The van der Waals surface area contributed by atoms with E-state index in [4.69, 9.17) is 4.74 Å². The predicted octanol–water partition coefficient (Wildman–Crippen LogP) is 1.55. The molecule has 1 aromatic heterocycles. The second kappa shape index (κ2) is 7.23. The van der Waals surface area contributed by atoms with Gasteiger partial charge in [0.15, 0.2) is 0 Å². The van der Waals surface area contributed by atoms with Crippen LogP contribution in [-0.2, 0) is 16.1 Å². The fourth-order valence-corrected chi connectivity index (χ4v) is 2.36. The predicted molar refractivity (Wildman–Crippen MR) is 70.3 cm³/mol. The first-order valence-corrected chi connectivity index (χ1v) is 7.03. The number of amides is 1. The maximum absolute atomic E-state index is 11.9. The van der Waals surface area contributed by atoms with Crippen LogP contribution in [0.25, 0.3) is 0 Å². The fourth-order valence-electron chi connectivity index (χ4n) is 2.36. The van der Waals surface area contributed by atoms with Crippen molar-refractivity contribution < 1.29 is 9.53 Å². The van der Waals surface area contributed by atoms with Crippen LogP contribution in [0.4, 0.5) is 0 Å². The standard InChI is InChI=1S/C13H22N4O2/c1-10(19-11-6-4-2-3-5-7-11)13(18)14-8-12-15-9-16-17-12/h9-11H,2-8H2,1H3,(H,14,18)(H,15,16,17). The minimum Gasteiger partial charge on any atom is -0.365 e. The molecular formula is C13H22N4O2. The van der Waals surface area contributed by atoms with Gasteiger partial charge in [-0.25, -0.2) is 4.98 Å². The van der Waals surface area contributed by atoms with Crippen LogP contribution in [0.1, 0.15) is 51.3 Å². The number of aromatic nitrogens is 3. The number of H-pyrrole nitrogens is 1. The average molecular weight is 266 g/mol. The summed E-state index contributed by atoms with van der Waals surface area (Å²) in [5, 5.41) is 9.23. The van der Waals surface area contributed by atoms with Gasteiger partial charge in [0.1, 0.15) is 18.3 Å². The van der Waals surface area contributed by atoms with E-state index in [1.165, 1.54) is 32.0 Å². The molecular weight excluding hydrogens is 244 g/mol. The van der Waals surface area contributed by atoms with Crippen molar-refractivity contribution in [2.24, 2.45) is 0 Å². The minimum absolute atomic E-state index is 0.0966. The van der Waals surface area contributed by atoms with Gasteiger partial charge in [-0.15, -0.1) is 0 Å². The van der Waals surface area contributed by atoms with Crippen LogP contribution < -0.4 is 5.32 Å². The van der Waals surface area contributed by atoms with Crippen molar-refractivity contribution >= 4 is 5.91 Å². The number of nitrogens with zero attached hydrogens (tertiary/aromatic N) is 2. The highest BCUT2D eigenvalue weighted by molar-refractivity contribution is 5.80. The third-order valence-electron chi connectivity index (χ3n) is 3.46. The molecule has 1 fully saturated rings. The van der Waals surface area contributed by atoms with Crippen LogP contribution in [0.5, 0.6) is 0 Å². The summed E-state index contributed by atoms with van der Waals surface area (Å²) in [5.74, 6) is 0.552. The zero-order chi connectivity index (χ0) is 13.5. The Kier molecular flexibility index (Phi) is 5.32. The zero-order valence-corrected chi connectivity index (χ0v) is 11.4. The second-order valence-electron chi connectivity index (χ2n) is 5.04. The Morgan fingerprint density at radius 2 is 2.21 bits per heavy atom. The van der Waals surface area contributed by atoms with Crippen molar-refractivity contribution in [2.45, 2.75) is 64.2 Å². The molecule has 0 radical (unpaired) electrons. The SMILES string of the molecule is CC(OC1CCCCCC1)C(=O)NCc1ncn[nH]1. The number of aromatic amines is 1. The Morgan fingerprint density at radius 3 is 2.84 bits per heavy atom. The van der Waals surface area contributed by atoms with Crippen LogP contribution in [0, 0.1) is 0 Å². The summed E-state index contributed by atoms with van der Waals surface area (Å²) in [6.45, 7) is 2.16. The Morgan fingerprint density at radius 1 is 1.47 bits per heavy atom. The Labute approximate surface area is 113 Å². The molecule has 0 spiro atoms. The van der Waals surface area contributed by atoms with Crippen molar-refractivity contribution in [2.75, 3.05) is 0 Å². The molecule has 1 aromatic rings. The second-order valence-corrected chi connectivity index (χ2v) is 5.04. The number of hydrogen-bond donors (Lipinski definition) is 2. The van der Waals surface area contributed by atoms with Crippen LogP contribution in [0.2, 0.25) is 0 Å². The van der Waals surface area contributed by atoms with E-state index in [0.717, 1.165) is 12.8 Å². The van der Waals surface area contributed by atoms with Crippen molar-refractivity contribution in [1.29, 1.82) is 0 Å². The van der Waals surface area contributed by atoms with E-state index in [-0.39, 0.29) is 12.0 Å². The Hall–Kier alpha value is -1.43. The van der Waals surface area contributed by atoms with E-state index in [2.05, 4.69) is 20.5 Å². The summed E-state index contributed by atoms with van der Waals surface area (Å²) >= 11 is 0. The molecule has 1 aliphatic rings. The highest BCUT2D eigenvalue weighted by Gasteiger charge is 2.20. The lowest BCUT2D eigenvalue weighted by Crippen LogP contribution is -2.36. The van der Waals surface area contributed by atoms with Gasteiger partial charge in [-0.3, -0.25) is 9.89 Å². The molecule has 2 rings (SSSR count). The maximum atomic E-state index is 11.9. The average Bonchev–Trinajstić information content (AvgIpc) is 2.80. The Bertz CT molecular complexity index is 372. The quantitative estimate of drug-likeness (QED) is 0.792. The first kappa shape index (κ1) is 14.0. The molecule has 0 aromatic carbocycles. The fraction of sp³-hybridized carbons (Fsp3) is 0.769. The summed E-state index contributed by atoms with van der Waals surface area (Å²) < 4.78 is 5.84. The summed E-state index contributed by atoms with van der Waals surface area (Å²) in [5.41, 5.74) is 0. The number of hydrogen-bond acceptors (Lipinski definition) is 4. The monoisotopic (exact) mass is 266 g/mol. The van der Waals surface area contributed by atoms with Crippen molar-refractivity contribution in [3.8, 4) is 0 Å². The van der Waals surface area contributed by atoms with E-state index < -0.39 is 6.10 Å². The topological polar surface area (TPSA) is 79.9 Å². The molecule has 1 aliphatic carbocycles. The summed E-state index contributed by atoms with van der Waals surface area (Å²) in [6, 6.07) is 0. The first-order valence-electron chi connectivity index (χ1n) is 7.03. The summed E-state index contributed by atoms with van der Waals surface area (Å²) in [7, 11) is 0. The molecule has 0 saturated heterocycles. The lowest BCUT2D eigenvalue weighted by atomic mass is 10.1. The molecule has 1 heterocycles. The molecule has 1 saturated carbocycles. The molecule has 106 valence electrons. The van der Waals surface area contributed by atoms with Crippen molar-refractivity contribution in [3.05, 3.63) is 12.2 Å². The maximum Gasteiger partial charge on any atom is 0.249 e. The summed E-state index contributed by atoms with van der Waals surface area (Å²) in [4.78, 5) is 15.9. The largest absolute Gasteiger partial charge is 0.365 e. The molecule has 1 unspecified atom stereocenters. The van der Waals surface area contributed by atoms with Gasteiger partial charge < -0.3 is 10.1 Å². The van der Waals surface area contributed by atoms with Crippen LogP contribution in [-0.4, -0.2) is 33.3 Å². The van der Waals surface area contributed by atoms with Gasteiger partial charge in [0, 0.05) is 0 Å². The molecule has 19 heavy (non-hydrogen) atoms. The van der Waals surface area contributed by atoms with Crippen molar-refractivity contribution in [3.63, 3.8) is 0 Å². The van der Waals surface area contributed by atoms with Crippen molar-refractivity contribution in [1.82, 2.24) is 20.5 Å². The number of ether oxygens (including phenoxy) is 1. The molecule has 6 heteroatoms. The third-order valence-corrected chi connectivity index (χ3v) is 3.46. The van der Waals surface area contributed by atoms with Gasteiger partial charge in [-0.05, 0) is 19.8 Å². The summed E-state index contributed by atoms with van der Waals surface area (Å²) in [6.07, 6.45) is 8.36. The zero-order valence-electron chi connectivity index (χ0n) is 11.4. The molecule has 0 bridgehead atoms. The molecule has 1 atom stereocenters. The van der Waals surface area contributed by atoms with Gasteiger partial charge in [0.25, 0.3) is 0 Å². The molecule has 2 N–H and O–H groups in total. The molecule has 6 nitrogen and oxygen atoms in total. The van der Waals surface area contributed by atoms with Crippen LogP contribution in [0.3, 0.4) is 0 Å². The lowest BCUT2D eigenvalue weighted by molar-refractivity contribution is -0.136. The molecule has 1 amide bonds. The van der Waals surface area contributed by atoms with Gasteiger partial charge >= 0.3 is 0 Å². The highest BCUT2D eigenvalue weighted by atomic mass is 16.5. The highest BCUT2D eigenvalue weighted by Crippen LogP contribution is 2.20. The number of carbonyl (C=O) groups excluding carboxylic acids is 1. The first-order chi connectivity index (χ1) is 9.25. The Balaban J connectivity index is 1.72. The van der Waals surface area contributed by atoms with E-state index >= 15 is 0 Å². The normalized spacial score (nSPS) is 18.8. The number of rotatable bonds is 5. The third kappa shape index (κ3) is 4.63. The van der Waals surface area contributed by atoms with Gasteiger partial charge in [0.05, 0.1) is 12.6 Å². The van der Waals surface area contributed by atoms with Crippen LogP contribution in [0.15, 0.2) is 6.33 Å². The van der Waals surface area contributed by atoms with Gasteiger partial charge in [-0.2, -0.15) is 5.10 Å². The van der Waals surface area contributed by atoms with E-state index in [1.807, 2.05) is 0 Å². The number of carbonyl (C=O) groups is 1. The number of nitrogens with one attached hydrogen (secondary N) is 2. The van der Waals surface area contributed by atoms with E-state index in [0.29, 0.717) is 12.4 Å². The van der Waals surface area contributed by atoms with E-state index in [9.17, 15) is 4.79 Å².